The Hall–Kier alpha value is -1.32. The van der Waals surface area contributed by atoms with Crippen LogP contribution in [0.1, 0.15) is 24.8 Å². The molecule has 0 radical (unpaired) electrons. The average Bonchev–Trinajstić information content (AvgIpc) is 2.85. The van der Waals surface area contributed by atoms with Gasteiger partial charge in [-0.15, -0.1) is 0 Å². The Labute approximate surface area is 94.3 Å². The summed E-state index contributed by atoms with van der Waals surface area (Å²) in [4.78, 5) is 3.17. The average molecular weight is 216 g/mol. The highest BCUT2D eigenvalue weighted by Gasteiger charge is 2.38. The van der Waals surface area contributed by atoms with Crippen molar-refractivity contribution in [2.24, 2.45) is 5.73 Å². The summed E-state index contributed by atoms with van der Waals surface area (Å²) in [6.45, 7) is 0. The summed E-state index contributed by atoms with van der Waals surface area (Å²) in [5.74, 6) is 0. The standard InChI is InChI=1S/C13H16N2O/c14-9-4-6-13(16,8-9)11-2-1-3-12-10(11)5-7-15-12/h1-3,5,7,9,15-16H,4,6,8,14H2. The number of hydrogen-bond donors (Lipinski definition) is 3. The maximum absolute atomic E-state index is 10.7. The second-order valence-corrected chi connectivity index (χ2v) is 4.78. The van der Waals surface area contributed by atoms with Crippen molar-refractivity contribution in [3.63, 3.8) is 0 Å². The molecule has 0 bridgehead atoms. The maximum atomic E-state index is 10.7. The van der Waals surface area contributed by atoms with Gasteiger partial charge in [-0.1, -0.05) is 12.1 Å². The van der Waals surface area contributed by atoms with Gasteiger partial charge in [-0.25, -0.2) is 0 Å². The topological polar surface area (TPSA) is 62.0 Å². The van der Waals surface area contributed by atoms with Crippen LogP contribution in [-0.4, -0.2) is 16.1 Å². The third kappa shape index (κ3) is 1.36. The molecule has 2 unspecified atom stereocenters. The Morgan fingerprint density at radius 2 is 2.25 bits per heavy atom. The Bertz CT molecular complexity index is 519. The number of fused-ring (bicyclic) bond motifs is 1. The first-order valence-corrected chi connectivity index (χ1v) is 5.74. The number of aliphatic hydroxyl groups is 1. The van der Waals surface area contributed by atoms with Crippen LogP contribution in [0.3, 0.4) is 0 Å². The van der Waals surface area contributed by atoms with E-state index >= 15 is 0 Å². The van der Waals surface area contributed by atoms with Crippen LogP contribution in [0, 0.1) is 0 Å². The van der Waals surface area contributed by atoms with E-state index in [1.807, 2.05) is 30.5 Å². The summed E-state index contributed by atoms with van der Waals surface area (Å²) in [7, 11) is 0. The van der Waals surface area contributed by atoms with Gasteiger partial charge in [0.15, 0.2) is 0 Å². The van der Waals surface area contributed by atoms with Crippen molar-refractivity contribution < 1.29 is 5.11 Å². The second kappa shape index (κ2) is 3.34. The molecule has 1 aromatic heterocycles. The summed E-state index contributed by atoms with van der Waals surface area (Å²) in [6.07, 6.45) is 4.24. The van der Waals surface area contributed by atoms with Gasteiger partial charge in [-0.05, 0) is 37.0 Å². The third-order valence-electron chi connectivity index (χ3n) is 3.62. The fraction of sp³-hybridized carbons (Fsp3) is 0.385. The highest BCUT2D eigenvalue weighted by atomic mass is 16.3. The third-order valence-corrected chi connectivity index (χ3v) is 3.62. The molecule has 3 nitrogen and oxygen atoms in total. The van der Waals surface area contributed by atoms with E-state index in [0.717, 1.165) is 29.3 Å². The van der Waals surface area contributed by atoms with Crippen molar-refractivity contribution >= 4 is 10.9 Å². The van der Waals surface area contributed by atoms with Gasteiger partial charge in [0.1, 0.15) is 0 Å². The van der Waals surface area contributed by atoms with E-state index in [0.29, 0.717) is 6.42 Å². The largest absolute Gasteiger partial charge is 0.385 e. The number of aromatic nitrogens is 1. The summed E-state index contributed by atoms with van der Waals surface area (Å²) in [5, 5.41) is 11.8. The molecule has 84 valence electrons. The smallest absolute Gasteiger partial charge is 0.0918 e. The predicted octanol–water partition coefficient (Wildman–Crippen LogP) is 1.87. The number of aromatic amines is 1. The molecular weight excluding hydrogens is 200 g/mol. The molecule has 2 aromatic rings. The first-order valence-electron chi connectivity index (χ1n) is 5.74. The minimum atomic E-state index is -0.735. The molecule has 0 amide bonds. The van der Waals surface area contributed by atoms with Crippen LogP contribution in [0.15, 0.2) is 30.5 Å². The van der Waals surface area contributed by atoms with Crippen molar-refractivity contribution in [1.82, 2.24) is 4.98 Å². The van der Waals surface area contributed by atoms with Crippen LogP contribution in [0.5, 0.6) is 0 Å². The van der Waals surface area contributed by atoms with Crippen molar-refractivity contribution in [3.05, 3.63) is 36.0 Å². The first kappa shape index (κ1) is 9.87. The van der Waals surface area contributed by atoms with E-state index in [1.54, 1.807) is 0 Å². The van der Waals surface area contributed by atoms with E-state index in [4.69, 9.17) is 5.73 Å². The monoisotopic (exact) mass is 216 g/mol. The van der Waals surface area contributed by atoms with E-state index in [1.165, 1.54) is 0 Å². The second-order valence-electron chi connectivity index (χ2n) is 4.78. The quantitative estimate of drug-likeness (QED) is 0.681. The highest BCUT2D eigenvalue weighted by molar-refractivity contribution is 5.83. The number of benzene rings is 1. The lowest BCUT2D eigenvalue weighted by atomic mass is 9.89. The minimum absolute atomic E-state index is 0.124. The zero-order valence-corrected chi connectivity index (χ0v) is 9.11. The molecular formula is C13H16N2O. The van der Waals surface area contributed by atoms with Crippen molar-refractivity contribution in [2.45, 2.75) is 30.9 Å². The Balaban J connectivity index is 2.15. The molecule has 0 aliphatic heterocycles. The molecule has 1 fully saturated rings. The summed E-state index contributed by atoms with van der Waals surface area (Å²) in [5.41, 5.74) is 7.25. The van der Waals surface area contributed by atoms with Crippen LogP contribution >= 0.6 is 0 Å². The molecule has 4 N–H and O–H groups in total. The molecule has 3 heteroatoms. The lowest BCUT2D eigenvalue weighted by Crippen LogP contribution is -2.25. The SMILES string of the molecule is NC1CCC(O)(c2cccc3[nH]ccc23)C1. The van der Waals surface area contributed by atoms with Crippen LogP contribution in [0.2, 0.25) is 0 Å². The van der Waals surface area contributed by atoms with Crippen molar-refractivity contribution in [3.8, 4) is 0 Å². The summed E-state index contributed by atoms with van der Waals surface area (Å²) < 4.78 is 0. The van der Waals surface area contributed by atoms with Gasteiger partial charge in [0.05, 0.1) is 5.60 Å². The number of rotatable bonds is 1. The van der Waals surface area contributed by atoms with Crippen molar-refractivity contribution in [1.29, 1.82) is 0 Å². The van der Waals surface area contributed by atoms with E-state index in [-0.39, 0.29) is 6.04 Å². The van der Waals surface area contributed by atoms with Gasteiger partial charge in [0.2, 0.25) is 0 Å². The number of nitrogens with one attached hydrogen (secondary N) is 1. The highest BCUT2D eigenvalue weighted by Crippen LogP contribution is 2.40. The summed E-state index contributed by atoms with van der Waals surface area (Å²) >= 11 is 0. The molecule has 1 aliphatic carbocycles. The molecule has 1 saturated carbocycles. The zero-order valence-electron chi connectivity index (χ0n) is 9.11. The van der Waals surface area contributed by atoms with E-state index < -0.39 is 5.60 Å². The molecule has 16 heavy (non-hydrogen) atoms. The van der Waals surface area contributed by atoms with Gasteiger partial charge in [-0.3, -0.25) is 0 Å². The van der Waals surface area contributed by atoms with E-state index in [2.05, 4.69) is 4.98 Å². The summed E-state index contributed by atoms with van der Waals surface area (Å²) in [6, 6.07) is 8.16. The fourth-order valence-corrected chi connectivity index (χ4v) is 2.80. The Morgan fingerprint density at radius 1 is 1.38 bits per heavy atom. The van der Waals surface area contributed by atoms with Gasteiger partial charge >= 0.3 is 0 Å². The normalized spacial score (nSPS) is 30.0. The van der Waals surface area contributed by atoms with Crippen LogP contribution in [0.4, 0.5) is 0 Å². The lowest BCUT2D eigenvalue weighted by molar-refractivity contribution is 0.0446. The maximum Gasteiger partial charge on any atom is 0.0918 e. The van der Waals surface area contributed by atoms with E-state index in [9.17, 15) is 5.11 Å². The van der Waals surface area contributed by atoms with Crippen molar-refractivity contribution in [2.75, 3.05) is 0 Å². The van der Waals surface area contributed by atoms with Gasteiger partial charge < -0.3 is 15.8 Å². The number of nitrogens with two attached hydrogens (primary N) is 1. The Kier molecular flexibility index (Phi) is 2.06. The molecule has 0 spiro atoms. The van der Waals surface area contributed by atoms with Gasteiger partial charge in [0, 0.05) is 23.1 Å². The van der Waals surface area contributed by atoms with Crippen LogP contribution in [0.25, 0.3) is 10.9 Å². The Morgan fingerprint density at radius 3 is 3.00 bits per heavy atom. The molecule has 1 aromatic carbocycles. The lowest BCUT2D eigenvalue weighted by Gasteiger charge is -2.24. The van der Waals surface area contributed by atoms with Gasteiger partial charge in [-0.2, -0.15) is 0 Å². The zero-order chi connectivity index (χ0) is 11.2. The molecule has 1 heterocycles. The minimum Gasteiger partial charge on any atom is -0.385 e. The molecule has 0 saturated heterocycles. The van der Waals surface area contributed by atoms with Crippen LogP contribution < -0.4 is 5.73 Å². The number of hydrogen-bond acceptors (Lipinski definition) is 2. The predicted molar refractivity (Wildman–Crippen MR) is 64.0 cm³/mol. The van der Waals surface area contributed by atoms with Gasteiger partial charge in [0.25, 0.3) is 0 Å². The first-order chi connectivity index (χ1) is 7.69. The van der Waals surface area contributed by atoms with Crippen LogP contribution in [-0.2, 0) is 5.60 Å². The fourth-order valence-electron chi connectivity index (χ4n) is 2.80. The number of H-pyrrole nitrogens is 1. The molecule has 3 rings (SSSR count). The molecule has 2 atom stereocenters. The molecule has 1 aliphatic rings.